The fourth-order valence-electron chi connectivity index (χ4n) is 2.67. The van der Waals surface area contributed by atoms with Gasteiger partial charge in [-0.2, -0.15) is 0 Å². The third kappa shape index (κ3) is 5.55. The Morgan fingerprint density at radius 2 is 1.90 bits per heavy atom. The van der Waals surface area contributed by atoms with Crippen molar-refractivity contribution in [1.82, 2.24) is 10.2 Å². The van der Waals surface area contributed by atoms with Crippen molar-refractivity contribution in [3.05, 3.63) is 54.1 Å². The Morgan fingerprint density at radius 1 is 1.17 bits per heavy atom. The summed E-state index contributed by atoms with van der Waals surface area (Å²) in [5.74, 6) is 0.00441. The summed E-state index contributed by atoms with van der Waals surface area (Å²) in [6, 6.07) is 14.4. The summed E-state index contributed by atoms with van der Waals surface area (Å²) >= 11 is 1.22. The molecule has 0 saturated carbocycles. The number of sulfonamides is 1. The largest absolute Gasteiger partial charge is 0.494 e. The van der Waals surface area contributed by atoms with Crippen LogP contribution in [0.5, 0.6) is 5.75 Å². The van der Waals surface area contributed by atoms with Crippen LogP contribution in [-0.2, 0) is 14.8 Å². The number of carbonyl (C=O) groups excluding carboxylic acids is 1. The molecular weight excluding hydrogens is 424 g/mol. The first-order valence-electron chi connectivity index (χ1n) is 9.17. The van der Waals surface area contributed by atoms with Gasteiger partial charge in [-0.05, 0) is 26.0 Å². The third-order valence-electron chi connectivity index (χ3n) is 4.07. The number of hydrogen-bond donors (Lipinski definition) is 1. The first-order valence-corrected chi connectivity index (χ1v) is 11.8. The van der Waals surface area contributed by atoms with Crippen LogP contribution >= 0.6 is 11.3 Å². The fraction of sp³-hybridized carbons (Fsp3) is 0.250. The molecule has 3 rings (SSSR count). The van der Waals surface area contributed by atoms with Gasteiger partial charge < -0.3 is 4.74 Å². The number of aromatic nitrogens is 2. The van der Waals surface area contributed by atoms with Gasteiger partial charge in [-0.1, -0.05) is 47.2 Å². The molecule has 1 N–H and O–H groups in total. The lowest BCUT2D eigenvalue weighted by atomic mass is 10.2. The number of nitrogens with one attached hydrogen (secondary N) is 1. The highest BCUT2D eigenvalue weighted by molar-refractivity contribution is 7.92. The van der Waals surface area contributed by atoms with Crippen molar-refractivity contribution in [3.63, 3.8) is 0 Å². The van der Waals surface area contributed by atoms with Crippen LogP contribution < -0.4 is 14.4 Å². The summed E-state index contributed by atoms with van der Waals surface area (Å²) in [7, 11) is -3.69. The molecule has 0 unspecified atom stereocenters. The monoisotopic (exact) mass is 446 g/mol. The van der Waals surface area contributed by atoms with Crippen molar-refractivity contribution >= 4 is 38.1 Å². The molecule has 0 saturated heterocycles. The summed E-state index contributed by atoms with van der Waals surface area (Å²) in [5, 5.41) is 11.7. The van der Waals surface area contributed by atoms with E-state index < -0.39 is 22.5 Å². The van der Waals surface area contributed by atoms with Crippen LogP contribution in [0.25, 0.3) is 10.6 Å². The molecule has 10 heteroatoms. The molecule has 3 aromatic rings. The number of rotatable bonds is 8. The van der Waals surface area contributed by atoms with Gasteiger partial charge in [0.05, 0.1) is 18.6 Å². The molecular formula is C20H22N4O4S2. The van der Waals surface area contributed by atoms with Crippen LogP contribution in [-0.4, -0.2) is 43.9 Å². The maximum atomic E-state index is 12.5. The second kappa shape index (κ2) is 9.23. The van der Waals surface area contributed by atoms with Crippen LogP contribution in [0.2, 0.25) is 0 Å². The van der Waals surface area contributed by atoms with E-state index in [0.29, 0.717) is 28.2 Å². The Morgan fingerprint density at radius 3 is 2.57 bits per heavy atom. The average Bonchev–Trinajstić information content (AvgIpc) is 3.14. The van der Waals surface area contributed by atoms with E-state index in [4.69, 9.17) is 4.74 Å². The summed E-state index contributed by atoms with van der Waals surface area (Å²) in [6.45, 7) is 3.88. The molecule has 0 aliphatic carbocycles. The molecule has 30 heavy (non-hydrogen) atoms. The topological polar surface area (TPSA) is 101 Å². The molecule has 2 aromatic carbocycles. The molecule has 0 radical (unpaired) electrons. The van der Waals surface area contributed by atoms with Gasteiger partial charge in [0, 0.05) is 11.6 Å². The van der Waals surface area contributed by atoms with Crippen molar-refractivity contribution in [2.24, 2.45) is 0 Å². The van der Waals surface area contributed by atoms with Crippen LogP contribution in [0.3, 0.4) is 0 Å². The number of nitrogens with zero attached hydrogens (tertiary/aromatic N) is 3. The number of benzene rings is 2. The molecule has 0 aliphatic heterocycles. The van der Waals surface area contributed by atoms with Gasteiger partial charge in [-0.3, -0.25) is 14.4 Å². The highest BCUT2D eigenvalue weighted by atomic mass is 32.2. The molecule has 0 bridgehead atoms. The van der Waals surface area contributed by atoms with Gasteiger partial charge in [0.1, 0.15) is 17.3 Å². The lowest BCUT2D eigenvalue weighted by Crippen LogP contribution is -2.37. The molecule has 8 nitrogen and oxygen atoms in total. The quantitative estimate of drug-likeness (QED) is 0.570. The minimum atomic E-state index is -3.69. The SMILES string of the molecule is CCOc1cccc(N(CC(=O)Nc2nnc(-c3ccc(C)cc3)s2)S(C)(=O)=O)c1. The van der Waals surface area contributed by atoms with E-state index in [1.807, 2.05) is 38.1 Å². The van der Waals surface area contributed by atoms with E-state index in [1.54, 1.807) is 24.3 Å². The molecule has 1 heterocycles. The van der Waals surface area contributed by atoms with E-state index >= 15 is 0 Å². The zero-order chi connectivity index (χ0) is 21.7. The highest BCUT2D eigenvalue weighted by Gasteiger charge is 2.22. The third-order valence-corrected chi connectivity index (χ3v) is 6.10. The summed E-state index contributed by atoms with van der Waals surface area (Å²) in [5.41, 5.74) is 2.37. The van der Waals surface area contributed by atoms with E-state index in [0.717, 1.165) is 21.7 Å². The number of aryl methyl sites for hydroxylation is 1. The standard InChI is InChI=1S/C20H22N4O4S2/c1-4-28-17-7-5-6-16(12-17)24(30(3,26)27)13-18(25)21-20-23-22-19(29-20)15-10-8-14(2)9-11-15/h5-12H,4,13H2,1-3H3,(H,21,23,25). The Balaban J connectivity index is 1.74. The van der Waals surface area contributed by atoms with Crippen molar-refractivity contribution in [1.29, 1.82) is 0 Å². The van der Waals surface area contributed by atoms with Gasteiger partial charge in [0.15, 0.2) is 0 Å². The maximum absolute atomic E-state index is 12.5. The Hall–Kier alpha value is -2.98. The van der Waals surface area contributed by atoms with Crippen molar-refractivity contribution in [2.45, 2.75) is 13.8 Å². The maximum Gasteiger partial charge on any atom is 0.246 e. The lowest BCUT2D eigenvalue weighted by molar-refractivity contribution is -0.114. The molecule has 158 valence electrons. The van der Waals surface area contributed by atoms with Gasteiger partial charge in [0.2, 0.25) is 21.1 Å². The summed E-state index contributed by atoms with van der Waals surface area (Å²) in [6.07, 6.45) is 1.05. The first-order chi connectivity index (χ1) is 14.3. The molecule has 0 spiro atoms. The van der Waals surface area contributed by atoms with Crippen molar-refractivity contribution in [3.8, 4) is 16.3 Å². The second-order valence-corrected chi connectivity index (χ2v) is 9.41. The number of amides is 1. The minimum absolute atomic E-state index is 0.298. The zero-order valence-electron chi connectivity index (χ0n) is 16.8. The second-order valence-electron chi connectivity index (χ2n) is 6.53. The smallest absolute Gasteiger partial charge is 0.246 e. The van der Waals surface area contributed by atoms with Crippen molar-refractivity contribution in [2.75, 3.05) is 29.0 Å². The number of carbonyl (C=O) groups is 1. The van der Waals surface area contributed by atoms with E-state index in [2.05, 4.69) is 15.5 Å². The van der Waals surface area contributed by atoms with Crippen LogP contribution in [0.1, 0.15) is 12.5 Å². The number of hydrogen-bond acceptors (Lipinski definition) is 7. The normalized spacial score (nSPS) is 11.2. The molecule has 1 amide bonds. The Bertz CT molecular complexity index is 1130. The van der Waals surface area contributed by atoms with Gasteiger partial charge in [-0.25, -0.2) is 8.42 Å². The van der Waals surface area contributed by atoms with Crippen molar-refractivity contribution < 1.29 is 17.9 Å². The molecule has 0 fully saturated rings. The number of ether oxygens (including phenoxy) is 1. The van der Waals surface area contributed by atoms with E-state index in [9.17, 15) is 13.2 Å². The highest BCUT2D eigenvalue weighted by Crippen LogP contribution is 2.27. The van der Waals surface area contributed by atoms with E-state index in [-0.39, 0.29) is 0 Å². The van der Waals surface area contributed by atoms with Crippen LogP contribution in [0.4, 0.5) is 10.8 Å². The fourth-order valence-corrected chi connectivity index (χ4v) is 4.28. The van der Waals surface area contributed by atoms with Crippen LogP contribution in [0, 0.1) is 6.92 Å². The van der Waals surface area contributed by atoms with Gasteiger partial charge >= 0.3 is 0 Å². The summed E-state index contributed by atoms with van der Waals surface area (Å²) in [4.78, 5) is 12.5. The molecule has 0 aliphatic rings. The molecule has 0 atom stereocenters. The predicted molar refractivity (Wildman–Crippen MR) is 119 cm³/mol. The first kappa shape index (κ1) is 21.7. The predicted octanol–water partition coefficient (Wildman–Crippen LogP) is 3.32. The zero-order valence-corrected chi connectivity index (χ0v) is 18.5. The Kier molecular flexibility index (Phi) is 6.68. The van der Waals surface area contributed by atoms with Gasteiger partial charge in [0.25, 0.3) is 0 Å². The van der Waals surface area contributed by atoms with E-state index in [1.165, 1.54) is 11.3 Å². The average molecular weight is 447 g/mol. The lowest BCUT2D eigenvalue weighted by Gasteiger charge is -2.22. The van der Waals surface area contributed by atoms with Crippen LogP contribution in [0.15, 0.2) is 48.5 Å². The minimum Gasteiger partial charge on any atom is -0.494 e. The summed E-state index contributed by atoms with van der Waals surface area (Å²) < 4.78 is 31.0. The van der Waals surface area contributed by atoms with Gasteiger partial charge in [-0.15, -0.1) is 10.2 Å². The molecule has 1 aromatic heterocycles. The number of anilines is 2. The Labute approximate surface area is 179 Å².